The van der Waals surface area contributed by atoms with Gasteiger partial charge < -0.3 is 9.47 Å². The molecular weight excluding hydrogens is 463 g/mol. The molecule has 0 aliphatic carbocycles. The summed E-state index contributed by atoms with van der Waals surface area (Å²) < 4.78 is 25.0. The highest BCUT2D eigenvalue weighted by Gasteiger charge is 2.32. The van der Waals surface area contributed by atoms with Crippen molar-refractivity contribution in [3.63, 3.8) is 0 Å². The van der Waals surface area contributed by atoms with Crippen molar-refractivity contribution in [3.05, 3.63) is 93.8 Å². The van der Waals surface area contributed by atoms with Gasteiger partial charge in [0.2, 0.25) is 0 Å². The Morgan fingerprint density at radius 2 is 1.77 bits per heavy atom. The first-order valence-corrected chi connectivity index (χ1v) is 10.2. The molecule has 0 aromatic heterocycles. The second-order valence-electron chi connectivity index (χ2n) is 6.70. The Bertz CT molecular complexity index is 1210. The van der Waals surface area contributed by atoms with Crippen molar-refractivity contribution in [1.29, 1.82) is 0 Å². The average molecular weight is 481 g/mol. The van der Waals surface area contributed by atoms with Gasteiger partial charge in [-0.15, -0.1) is 0 Å². The van der Waals surface area contributed by atoms with E-state index in [2.05, 4.69) is 20.9 Å². The second-order valence-corrected chi connectivity index (χ2v) is 7.62. The van der Waals surface area contributed by atoms with Crippen molar-refractivity contribution >= 4 is 39.4 Å². The van der Waals surface area contributed by atoms with Crippen molar-refractivity contribution in [2.45, 2.75) is 0 Å². The van der Waals surface area contributed by atoms with Gasteiger partial charge in [0.1, 0.15) is 28.8 Å². The molecule has 1 aliphatic rings. The summed E-state index contributed by atoms with van der Waals surface area (Å²) in [4.78, 5) is 19.5. The topological polar surface area (TPSA) is 51.1 Å². The number of halogens is 2. The Morgan fingerprint density at radius 1 is 1.00 bits per heavy atom. The summed E-state index contributed by atoms with van der Waals surface area (Å²) in [5.41, 5.74) is 2.19. The summed E-state index contributed by atoms with van der Waals surface area (Å²) in [5.74, 6) is 0.959. The third-order valence-corrected chi connectivity index (χ3v) is 5.26. The lowest BCUT2D eigenvalue weighted by Gasteiger charge is -2.18. The molecule has 0 saturated heterocycles. The number of nitrogens with zero attached hydrogens (tertiary/aromatic N) is 2. The first-order valence-electron chi connectivity index (χ1n) is 9.38. The minimum atomic E-state index is -0.360. The largest absolute Gasteiger partial charge is 0.497 e. The van der Waals surface area contributed by atoms with Gasteiger partial charge in [-0.3, -0.25) is 9.69 Å². The van der Waals surface area contributed by atoms with Crippen LogP contribution < -0.4 is 14.4 Å². The highest BCUT2D eigenvalue weighted by Crippen LogP contribution is 2.32. The maximum absolute atomic E-state index is 13.5. The average Bonchev–Trinajstić information content (AvgIpc) is 3.10. The van der Waals surface area contributed by atoms with Gasteiger partial charge >= 0.3 is 0 Å². The summed E-state index contributed by atoms with van der Waals surface area (Å²) in [6.07, 6.45) is 1.67. The van der Waals surface area contributed by atoms with Gasteiger partial charge in [-0.25, -0.2) is 9.38 Å². The summed E-state index contributed by atoms with van der Waals surface area (Å²) in [5, 5.41) is 0. The summed E-state index contributed by atoms with van der Waals surface area (Å²) in [6, 6.07) is 18.6. The van der Waals surface area contributed by atoms with Crippen molar-refractivity contribution in [2.24, 2.45) is 4.99 Å². The molecule has 0 N–H and O–H groups in total. The molecule has 5 nitrogen and oxygen atoms in total. The minimum absolute atomic E-state index is 0.239. The predicted molar refractivity (Wildman–Crippen MR) is 122 cm³/mol. The number of rotatable bonds is 5. The van der Waals surface area contributed by atoms with Crippen LogP contribution in [0, 0.1) is 5.82 Å². The first-order chi connectivity index (χ1) is 15.0. The van der Waals surface area contributed by atoms with Gasteiger partial charge in [0.15, 0.2) is 0 Å². The Hall–Kier alpha value is -3.45. The van der Waals surface area contributed by atoms with Crippen LogP contribution >= 0.6 is 15.9 Å². The number of carbonyl (C=O) groups is 1. The number of ether oxygens (including phenoxy) is 2. The van der Waals surface area contributed by atoms with E-state index >= 15 is 0 Å². The van der Waals surface area contributed by atoms with Gasteiger partial charge in [-0.2, -0.15) is 0 Å². The van der Waals surface area contributed by atoms with Crippen molar-refractivity contribution < 1.29 is 18.7 Å². The molecule has 7 heteroatoms. The van der Waals surface area contributed by atoms with Gasteiger partial charge in [0.05, 0.1) is 19.9 Å². The van der Waals surface area contributed by atoms with E-state index in [0.717, 1.165) is 4.47 Å². The Balaban J connectivity index is 1.83. The zero-order valence-corrected chi connectivity index (χ0v) is 18.4. The van der Waals surface area contributed by atoms with E-state index in [1.807, 2.05) is 24.3 Å². The number of aliphatic imine (C=N–C) groups is 1. The Labute approximate surface area is 187 Å². The third-order valence-electron chi connectivity index (χ3n) is 4.76. The van der Waals surface area contributed by atoms with Crippen molar-refractivity contribution in [1.82, 2.24) is 0 Å². The van der Waals surface area contributed by atoms with Crippen LogP contribution in [0.1, 0.15) is 11.1 Å². The summed E-state index contributed by atoms with van der Waals surface area (Å²) in [7, 11) is 3.12. The van der Waals surface area contributed by atoms with Crippen LogP contribution in [0.5, 0.6) is 11.5 Å². The van der Waals surface area contributed by atoms with Crippen LogP contribution in [0.4, 0.5) is 10.1 Å². The van der Waals surface area contributed by atoms with Gasteiger partial charge in [-0.1, -0.05) is 22.0 Å². The summed E-state index contributed by atoms with van der Waals surface area (Å²) >= 11 is 3.45. The lowest BCUT2D eigenvalue weighted by molar-refractivity contribution is -0.113. The number of methoxy groups -OCH3 is 2. The van der Waals surface area contributed by atoms with Crippen LogP contribution in [0.2, 0.25) is 0 Å². The number of amidine groups is 1. The fourth-order valence-corrected chi connectivity index (χ4v) is 3.64. The number of amides is 1. The van der Waals surface area contributed by atoms with E-state index in [1.165, 1.54) is 17.0 Å². The molecule has 1 aliphatic heterocycles. The zero-order chi connectivity index (χ0) is 22.0. The molecule has 156 valence electrons. The quantitative estimate of drug-likeness (QED) is 0.456. The van der Waals surface area contributed by atoms with Crippen LogP contribution in [-0.2, 0) is 4.79 Å². The van der Waals surface area contributed by atoms with Crippen molar-refractivity contribution in [2.75, 3.05) is 19.1 Å². The molecular formula is C24H18BrFN2O3. The van der Waals surface area contributed by atoms with E-state index in [0.29, 0.717) is 34.1 Å². The third kappa shape index (κ3) is 4.22. The molecule has 0 bridgehead atoms. The molecule has 3 aromatic rings. The smallest absolute Gasteiger partial charge is 0.282 e. The van der Waals surface area contributed by atoms with Gasteiger partial charge in [0.25, 0.3) is 5.91 Å². The molecule has 0 saturated carbocycles. The van der Waals surface area contributed by atoms with Crippen LogP contribution in [0.25, 0.3) is 6.08 Å². The monoisotopic (exact) mass is 480 g/mol. The minimum Gasteiger partial charge on any atom is -0.497 e. The fraction of sp³-hybridized carbons (Fsp3) is 0.0833. The number of hydrogen-bond donors (Lipinski definition) is 0. The molecule has 0 atom stereocenters. The fourth-order valence-electron chi connectivity index (χ4n) is 3.25. The molecule has 4 rings (SSSR count). The number of hydrogen-bond acceptors (Lipinski definition) is 4. The highest BCUT2D eigenvalue weighted by molar-refractivity contribution is 9.10. The molecule has 0 unspecified atom stereocenters. The number of benzene rings is 3. The Morgan fingerprint density at radius 3 is 2.45 bits per heavy atom. The van der Waals surface area contributed by atoms with Crippen molar-refractivity contribution in [3.8, 4) is 11.5 Å². The lowest BCUT2D eigenvalue weighted by Crippen LogP contribution is -2.32. The zero-order valence-electron chi connectivity index (χ0n) is 16.8. The summed E-state index contributed by atoms with van der Waals surface area (Å²) in [6.45, 7) is 0. The van der Waals surface area contributed by atoms with Gasteiger partial charge in [-0.05, 0) is 60.7 Å². The molecule has 0 fully saturated rings. The maximum atomic E-state index is 13.5. The number of carbonyl (C=O) groups excluding carboxylic acids is 1. The molecule has 0 radical (unpaired) electrons. The second kappa shape index (κ2) is 8.73. The molecule has 1 heterocycles. The van der Waals surface area contributed by atoms with Crippen LogP contribution in [0.3, 0.4) is 0 Å². The first kappa shape index (κ1) is 20.8. The SMILES string of the molecule is COc1ccc(/C=C2/N=C(c3ccc(F)cc3)N(c3cccc(Br)c3)C2=O)c(OC)c1. The predicted octanol–water partition coefficient (Wildman–Crippen LogP) is 5.44. The number of anilines is 1. The van der Waals surface area contributed by atoms with Crippen LogP contribution in [-0.4, -0.2) is 26.0 Å². The lowest BCUT2D eigenvalue weighted by atomic mass is 10.1. The standard InChI is InChI=1S/C24H18BrFN2O3/c1-30-20-11-8-16(22(14-20)31-2)12-21-24(29)28(19-5-3-4-17(25)13-19)23(27-21)15-6-9-18(26)10-7-15/h3-14H,1-2H3/b21-12+. The Kier molecular flexibility index (Phi) is 5.86. The highest BCUT2D eigenvalue weighted by atomic mass is 79.9. The van der Waals surface area contributed by atoms with E-state index in [1.54, 1.807) is 50.6 Å². The molecule has 1 amide bonds. The van der Waals surface area contributed by atoms with E-state index in [-0.39, 0.29) is 17.4 Å². The maximum Gasteiger partial charge on any atom is 0.282 e. The van der Waals surface area contributed by atoms with E-state index < -0.39 is 0 Å². The normalized spacial score (nSPS) is 14.7. The molecule has 31 heavy (non-hydrogen) atoms. The molecule has 3 aromatic carbocycles. The van der Waals surface area contributed by atoms with E-state index in [4.69, 9.17) is 9.47 Å². The molecule has 0 spiro atoms. The van der Waals surface area contributed by atoms with Gasteiger partial charge in [0, 0.05) is 21.7 Å². The van der Waals surface area contributed by atoms with Crippen LogP contribution in [0.15, 0.2) is 81.9 Å². The van der Waals surface area contributed by atoms with E-state index in [9.17, 15) is 9.18 Å².